The molecule has 4 nitrogen and oxygen atoms in total. The van der Waals surface area contributed by atoms with Crippen LogP contribution < -0.4 is 10.1 Å². The Morgan fingerprint density at radius 1 is 1.50 bits per heavy atom. The van der Waals surface area contributed by atoms with Crippen molar-refractivity contribution in [2.75, 3.05) is 20.2 Å². The predicted octanol–water partition coefficient (Wildman–Crippen LogP) is 2.36. The van der Waals surface area contributed by atoms with Crippen LogP contribution in [-0.4, -0.2) is 37.0 Å². The van der Waals surface area contributed by atoms with E-state index in [0.717, 1.165) is 30.7 Å². The van der Waals surface area contributed by atoms with E-state index < -0.39 is 0 Å². The molecule has 1 aromatic carbocycles. The normalized spacial score (nSPS) is 15.8. The van der Waals surface area contributed by atoms with Crippen LogP contribution in [0.1, 0.15) is 38.3 Å². The van der Waals surface area contributed by atoms with Gasteiger partial charge >= 0.3 is 0 Å². The summed E-state index contributed by atoms with van der Waals surface area (Å²) in [6.45, 7) is 5.30. The molecule has 0 aliphatic heterocycles. The van der Waals surface area contributed by atoms with Gasteiger partial charge < -0.3 is 15.0 Å². The zero-order valence-corrected chi connectivity index (χ0v) is 12.6. The maximum Gasteiger partial charge on any atom is 0.236 e. The molecule has 1 N–H and O–H groups in total. The lowest BCUT2D eigenvalue weighted by atomic mass is 10.1. The molecule has 20 heavy (non-hydrogen) atoms. The summed E-state index contributed by atoms with van der Waals surface area (Å²) in [5, 5.41) is 3.30. The van der Waals surface area contributed by atoms with Crippen molar-refractivity contribution >= 4 is 5.91 Å². The van der Waals surface area contributed by atoms with Crippen LogP contribution in [0.15, 0.2) is 24.3 Å². The Morgan fingerprint density at radius 3 is 2.85 bits per heavy atom. The van der Waals surface area contributed by atoms with E-state index in [1.54, 1.807) is 7.11 Å². The Kier molecular flexibility index (Phi) is 5.01. The number of nitrogens with zero attached hydrogens (tertiary/aromatic N) is 1. The highest BCUT2D eigenvalue weighted by atomic mass is 16.5. The van der Waals surface area contributed by atoms with Crippen LogP contribution in [0.4, 0.5) is 0 Å². The third-order valence-corrected chi connectivity index (χ3v) is 3.80. The quantitative estimate of drug-likeness (QED) is 0.831. The summed E-state index contributed by atoms with van der Waals surface area (Å²) in [5.74, 6) is 1.04. The van der Waals surface area contributed by atoms with Crippen LogP contribution in [0.25, 0.3) is 0 Å². The van der Waals surface area contributed by atoms with E-state index in [0.29, 0.717) is 12.6 Å². The number of likely N-dealkylation sites (N-methyl/N-ethyl adjacent to an activating group) is 1. The fourth-order valence-electron chi connectivity index (χ4n) is 2.40. The van der Waals surface area contributed by atoms with Gasteiger partial charge in [-0.15, -0.1) is 0 Å². The number of carbonyl (C=O) groups excluding carboxylic acids is 1. The SMILES string of the molecule is CCN(C(=O)CN[C@@H](C)c1cccc(OC)c1)C1CC1. The Bertz CT molecular complexity index is 458. The lowest BCUT2D eigenvalue weighted by Crippen LogP contribution is -2.40. The number of methoxy groups -OCH3 is 1. The van der Waals surface area contributed by atoms with Crippen LogP contribution in [0.5, 0.6) is 5.75 Å². The van der Waals surface area contributed by atoms with Crippen molar-refractivity contribution in [3.05, 3.63) is 29.8 Å². The highest BCUT2D eigenvalue weighted by Crippen LogP contribution is 2.26. The molecule has 1 aromatic rings. The molecule has 110 valence electrons. The van der Waals surface area contributed by atoms with Crippen molar-refractivity contribution in [1.82, 2.24) is 10.2 Å². The molecule has 4 heteroatoms. The molecule has 0 aromatic heterocycles. The summed E-state index contributed by atoms with van der Waals surface area (Å²) < 4.78 is 5.22. The zero-order valence-electron chi connectivity index (χ0n) is 12.6. The Labute approximate surface area is 121 Å². The lowest BCUT2D eigenvalue weighted by Gasteiger charge is -2.22. The summed E-state index contributed by atoms with van der Waals surface area (Å²) in [6, 6.07) is 8.56. The second kappa shape index (κ2) is 6.75. The molecule has 0 bridgehead atoms. The summed E-state index contributed by atoms with van der Waals surface area (Å²) in [6.07, 6.45) is 2.32. The molecule has 1 saturated carbocycles. The van der Waals surface area contributed by atoms with E-state index in [4.69, 9.17) is 4.74 Å². The van der Waals surface area contributed by atoms with Gasteiger partial charge in [0, 0.05) is 18.6 Å². The van der Waals surface area contributed by atoms with Crippen LogP contribution in [0, 0.1) is 0 Å². The molecule has 0 spiro atoms. The summed E-state index contributed by atoms with van der Waals surface area (Å²) >= 11 is 0. The molecule has 2 rings (SSSR count). The number of benzene rings is 1. The first-order valence-electron chi connectivity index (χ1n) is 7.32. The van der Waals surface area contributed by atoms with Gasteiger partial charge in [-0.05, 0) is 44.4 Å². The van der Waals surface area contributed by atoms with E-state index in [9.17, 15) is 4.79 Å². The van der Waals surface area contributed by atoms with Gasteiger partial charge in [0.05, 0.1) is 13.7 Å². The number of carbonyl (C=O) groups is 1. The largest absolute Gasteiger partial charge is 0.497 e. The highest BCUT2D eigenvalue weighted by molar-refractivity contribution is 5.79. The average Bonchev–Trinajstić information content (AvgIpc) is 3.30. The Morgan fingerprint density at radius 2 is 2.25 bits per heavy atom. The third-order valence-electron chi connectivity index (χ3n) is 3.80. The standard InChI is InChI=1S/C16H24N2O2/c1-4-18(14-8-9-14)16(19)11-17-12(2)13-6-5-7-15(10-13)20-3/h5-7,10,12,14,17H,4,8-9,11H2,1-3H3/t12-/m0/s1. The van der Waals surface area contributed by atoms with E-state index in [1.807, 2.05) is 36.1 Å². The molecule has 1 aliphatic rings. The van der Waals surface area contributed by atoms with Gasteiger partial charge in [-0.3, -0.25) is 4.79 Å². The topological polar surface area (TPSA) is 41.6 Å². The van der Waals surface area contributed by atoms with Crippen molar-refractivity contribution < 1.29 is 9.53 Å². The minimum Gasteiger partial charge on any atom is -0.497 e. The van der Waals surface area contributed by atoms with Crippen LogP contribution >= 0.6 is 0 Å². The second-order valence-corrected chi connectivity index (χ2v) is 5.29. The van der Waals surface area contributed by atoms with Gasteiger partial charge in [-0.1, -0.05) is 12.1 Å². The van der Waals surface area contributed by atoms with Crippen LogP contribution in [-0.2, 0) is 4.79 Å². The van der Waals surface area contributed by atoms with Crippen molar-refractivity contribution in [3.8, 4) is 5.75 Å². The summed E-state index contributed by atoms with van der Waals surface area (Å²) in [4.78, 5) is 14.1. The monoisotopic (exact) mass is 276 g/mol. The fourth-order valence-corrected chi connectivity index (χ4v) is 2.40. The predicted molar refractivity (Wildman–Crippen MR) is 79.8 cm³/mol. The third kappa shape index (κ3) is 3.73. The van der Waals surface area contributed by atoms with Gasteiger partial charge in [0.2, 0.25) is 5.91 Å². The Hall–Kier alpha value is -1.55. The number of ether oxygens (including phenoxy) is 1. The molecule has 1 amide bonds. The lowest BCUT2D eigenvalue weighted by molar-refractivity contribution is -0.130. The number of amides is 1. The van der Waals surface area contributed by atoms with E-state index in [-0.39, 0.29) is 11.9 Å². The highest BCUT2D eigenvalue weighted by Gasteiger charge is 2.31. The number of hydrogen-bond acceptors (Lipinski definition) is 3. The van der Waals surface area contributed by atoms with Gasteiger partial charge in [0.25, 0.3) is 0 Å². The van der Waals surface area contributed by atoms with Crippen molar-refractivity contribution in [2.45, 2.75) is 38.8 Å². The molecule has 1 fully saturated rings. The van der Waals surface area contributed by atoms with Crippen molar-refractivity contribution in [2.24, 2.45) is 0 Å². The molecule has 0 unspecified atom stereocenters. The number of hydrogen-bond donors (Lipinski definition) is 1. The molecule has 1 atom stereocenters. The fraction of sp³-hybridized carbons (Fsp3) is 0.562. The van der Waals surface area contributed by atoms with E-state index in [2.05, 4.69) is 12.2 Å². The van der Waals surface area contributed by atoms with Gasteiger partial charge in [0.15, 0.2) is 0 Å². The van der Waals surface area contributed by atoms with E-state index >= 15 is 0 Å². The minimum absolute atomic E-state index is 0.131. The molecule has 0 radical (unpaired) electrons. The van der Waals surface area contributed by atoms with Crippen molar-refractivity contribution in [3.63, 3.8) is 0 Å². The number of nitrogens with one attached hydrogen (secondary N) is 1. The maximum atomic E-state index is 12.2. The van der Waals surface area contributed by atoms with Gasteiger partial charge in [-0.2, -0.15) is 0 Å². The minimum atomic E-state index is 0.131. The smallest absolute Gasteiger partial charge is 0.236 e. The molecule has 0 heterocycles. The Balaban J connectivity index is 1.87. The van der Waals surface area contributed by atoms with Crippen molar-refractivity contribution in [1.29, 1.82) is 0 Å². The van der Waals surface area contributed by atoms with Crippen LogP contribution in [0.3, 0.4) is 0 Å². The molecular weight excluding hydrogens is 252 g/mol. The average molecular weight is 276 g/mol. The van der Waals surface area contributed by atoms with Gasteiger partial charge in [-0.25, -0.2) is 0 Å². The molecular formula is C16H24N2O2. The first kappa shape index (κ1) is 14.9. The first-order chi connectivity index (χ1) is 9.65. The maximum absolute atomic E-state index is 12.2. The second-order valence-electron chi connectivity index (χ2n) is 5.29. The molecule has 0 saturated heterocycles. The van der Waals surface area contributed by atoms with E-state index in [1.165, 1.54) is 0 Å². The molecule has 1 aliphatic carbocycles. The summed E-state index contributed by atoms with van der Waals surface area (Å²) in [5.41, 5.74) is 1.13. The van der Waals surface area contributed by atoms with Gasteiger partial charge in [0.1, 0.15) is 5.75 Å². The van der Waals surface area contributed by atoms with Crippen LogP contribution in [0.2, 0.25) is 0 Å². The zero-order chi connectivity index (χ0) is 14.5. The first-order valence-corrected chi connectivity index (χ1v) is 7.32. The summed E-state index contributed by atoms with van der Waals surface area (Å²) in [7, 11) is 1.66. The number of rotatable bonds is 7.